The quantitative estimate of drug-likeness (QED) is 0.467. The Labute approximate surface area is 190 Å². The molecule has 1 unspecified atom stereocenters. The molecule has 3 rings (SSSR count). The van der Waals surface area contributed by atoms with Gasteiger partial charge >= 0.3 is 0 Å². The average Bonchev–Trinajstić information content (AvgIpc) is 2.84. The zero-order valence-corrected chi connectivity index (χ0v) is 19.3. The van der Waals surface area contributed by atoms with Crippen LogP contribution in [0.4, 0.5) is 5.82 Å². The number of methoxy groups -OCH3 is 2. The maximum atomic E-state index is 9.48. The monoisotopic (exact) mass is 435 g/mol. The molecular formula is C26H33N3O3. The minimum atomic E-state index is -0.00492. The van der Waals surface area contributed by atoms with Crippen molar-refractivity contribution in [1.82, 2.24) is 10.3 Å². The van der Waals surface area contributed by atoms with Gasteiger partial charge in [-0.25, -0.2) is 4.98 Å². The van der Waals surface area contributed by atoms with E-state index in [0.717, 1.165) is 22.9 Å². The van der Waals surface area contributed by atoms with E-state index in [-0.39, 0.29) is 18.7 Å². The van der Waals surface area contributed by atoms with E-state index in [1.54, 1.807) is 14.2 Å². The van der Waals surface area contributed by atoms with Crippen molar-refractivity contribution in [2.75, 3.05) is 25.7 Å². The number of nitrogens with one attached hydrogen (secondary N) is 1. The summed E-state index contributed by atoms with van der Waals surface area (Å²) < 4.78 is 10.6. The summed E-state index contributed by atoms with van der Waals surface area (Å²) in [4.78, 5) is 7.05. The lowest BCUT2D eigenvalue weighted by Gasteiger charge is -2.29. The predicted molar refractivity (Wildman–Crippen MR) is 128 cm³/mol. The molecule has 0 aliphatic carbocycles. The lowest BCUT2D eigenvalue weighted by atomic mass is 10.1. The Morgan fingerprint density at radius 2 is 1.41 bits per heavy atom. The van der Waals surface area contributed by atoms with Crippen LogP contribution in [0.1, 0.15) is 36.6 Å². The third-order valence-electron chi connectivity index (χ3n) is 5.46. The zero-order chi connectivity index (χ0) is 22.9. The molecule has 0 saturated carbocycles. The highest BCUT2D eigenvalue weighted by Gasteiger charge is 2.19. The van der Waals surface area contributed by atoms with Crippen molar-refractivity contribution < 1.29 is 14.6 Å². The molecule has 3 aromatic rings. The standard InChI is InChI=1S/C26H33N3O3/c1-19(18-30)28-20(2)25-6-5-15-27-26(25)29(16-21-7-11-23(31-3)12-8-21)17-22-9-13-24(32-4)14-10-22/h5-15,19-20,28,30H,16-18H2,1-4H3/t19-,20?/m0/s1. The molecule has 0 aliphatic heterocycles. The molecule has 0 aliphatic rings. The normalized spacial score (nSPS) is 12.8. The molecule has 6 heteroatoms. The summed E-state index contributed by atoms with van der Waals surface area (Å²) in [5.41, 5.74) is 3.43. The van der Waals surface area contributed by atoms with Crippen molar-refractivity contribution >= 4 is 5.82 Å². The molecule has 2 N–H and O–H groups in total. The minimum absolute atomic E-state index is 0.00492. The Balaban J connectivity index is 1.93. The number of nitrogens with zero attached hydrogens (tertiary/aromatic N) is 2. The molecule has 0 spiro atoms. The van der Waals surface area contributed by atoms with E-state index in [1.807, 2.05) is 43.5 Å². The molecule has 2 atom stereocenters. The first-order valence-electron chi connectivity index (χ1n) is 10.9. The van der Waals surface area contributed by atoms with E-state index in [9.17, 15) is 5.11 Å². The second-order valence-electron chi connectivity index (χ2n) is 7.94. The molecule has 0 saturated heterocycles. The fraction of sp³-hybridized carbons (Fsp3) is 0.346. The van der Waals surface area contributed by atoms with Crippen LogP contribution in [0.5, 0.6) is 11.5 Å². The van der Waals surface area contributed by atoms with Gasteiger partial charge in [-0.15, -0.1) is 0 Å². The van der Waals surface area contributed by atoms with Gasteiger partial charge in [-0.3, -0.25) is 0 Å². The number of ether oxygens (including phenoxy) is 2. The van der Waals surface area contributed by atoms with Crippen LogP contribution in [0.25, 0.3) is 0 Å². The summed E-state index contributed by atoms with van der Waals surface area (Å²) in [6.07, 6.45) is 1.83. The minimum Gasteiger partial charge on any atom is -0.497 e. The van der Waals surface area contributed by atoms with Gasteiger partial charge in [-0.05, 0) is 55.3 Å². The van der Waals surface area contributed by atoms with Gasteiger partial charge in [0.25, 0.3) is 0 Å². The molecular weight excluding hydrogens is 402 g/mol. The molecule has 0 radical (unpaired) electrons. The van der Waals surface area contributed by atoms with Gasteiger partial charge in [0.05, 0.1) is 20.8 Å². The summed E-state index contributed by atoms with van der Waals surface area (Å²) in [6.45, 7) is 5.55. The van der Waals surface area contributed by atoms with Gasteiger partial charge in [0.1, 0.15) is 17.3 Å². The SMILES string of the molecule is COc1ccc(CN(Cc2ccc(OC)cc2)c2ncccc2C(C)N[C@@H](C)CO)cc1. The molecule has 0 bridgehead atoms. The smallest absolute Gasteiger partial charge is 0.133 e. The van der Waals surface area contributed by atoms with E-state index >= 15 is 0 Å². The highest BCUT2D eigenvalue weighted by Crippen LogP contribution is 2.28. The summed E-state index contributed by atoms with van der Waals surface area (Å²) in [6, 6.07) is 20.3. The molecule has 32 heavy (non-hydrogen) atoms. The molecule has 170 valence electrons. The van der Waals surface area contributed by atoms with Crippen molar-refractivity contribution in [3.63, 3.8) is 0 Å². The van der Waals surface area contributed by atoms with Crippen LogP contribution in [0.15, 0.2) is 66.9 Å². The van der Waals surface area contributed by atoms with E-state index in [0.29, 0.717) is 13.1 Å². The van der Waals surface area contributed by atoms with Crippen LogP contribution in [-0.2, 0) is 13.1 Å². The molecule has 2 aromatic carbocycles. The van der Waals surface area contributed by atoms with Crippen molar-refractivity contribution in [3.05, 3.63) is 83.6 Å². The topological polar surface area (TPSA) is 66.9 Å². The Morgan fingerprint density at radius 1 is 0.875 bits per heavy atom. The molecule has 0 amide bonds. The largest absolute Gasteiger partial charge is 0.497 e. The number of aromatic nitrogens is 1. The second kappa shape index (κ2) is 11.5. The van der Waals surface area contributed by atoms with E-state index in [2.05, 4.69) is 47.5 Å². The number of hydrogen-bond acceptors (Lipinski definition) is 6. The molecule has 1 heterocycles. The van der Waals surface area contributed by atoms with Crippen LogP contribution < -0.4 is 19.7 Å². The van der Waals surface area contributed by atoms with Crippen LogP contribution in [0.2, 0.25) is 0 Å². The summed E-state index contributed by atoms with van der Waals surface area (Å²) in [5, 5.41) is 12.9. The van der Waals surface area contributed by atoms with Crippen LogP contribution >= 0.6 is 0 Å². The van der Waals surface area contributed by atoms with Crippen LogP contribution in [0.3, 0.4) is 0 Å². The molecule has 6 nitrogen and oxygen atoms in total. The summed E-state index contributed by atoms with van der Waals surface area (Å²) >= 11 is 0. The first-order chi connectivity index (χ1) is 15.5. The highest BCUT2D eigenvalue weighted by molar-refractivity contribution is 5.50. The van der Waals surface area contributed by atoms with Gasteiger partial charge in [0.15, 0.2) is 0 Å². The van der Waals surface area contributed by atoms with Crippen molar-refractivity contribution in [2.45, 2.75) is 39.0 Å². The lowest BCUT2D eigenvalue weighted by Crippen LogP contribution is -2.33. The molecule has 1 aromatic heterocycles. The third-order valence-corrected chi connectivity index (χ3v) is 5.46. The maximum Gasteiger partial charge on any atom is 0.133 e. The number of anilines is 1. The number of hydrogen-bond donors (Lipinski definition) is 2. The third kappa shape index (κ3) is 6.22. The predicted octanol–water partition coefficient (Wildman–Crippen LogP) is 4.34. The van der Waals surface area contributed by atoms with Crippen molar-refractivity contribution in [2.24, 2.45) is 0 Å². The Kier molecular flexibility index (Phi) is 8.48. The van der Waals surface area contributed by atoms with E-state index < -0.39 is 0 Å². The fourth-order valence-electron chi connectivity index (χ4n) is 3.69. The number of rotatable bonds is 11. The van der Waals surface area contributed by atoms with Gasteiger partial charge in [0, 0.05) is 36.9 Å². The van der Waals surface area contributed by atoms with Crippen LogP contribution in [0, 0.1) is 0 Å². The molecule has 0 fully saturated rings. The van der Waals surface area contributed by atoms with Crippen molar-refractivity contribution in [3.8, 4) is 11.5 Å². The van der Waals surface area contributed by atoms with Gasteiger partial charge in [0.2, 0.25) is 0 Å². The Bertz CT molecular complexity index is 911. The average molecular weight is 436 g/mol. The highest BCUT2D eigenvalue weighted by atomic mass is 16.5. The first kappa shape index (κ1) is 23.6. The Morgan fingerprint density at radius 3 is 1.88 bits per heavy atom. The number of aliphatic hydroxyl groups excluding tert-OH is 1. The lowest BCUT2D eigenvalue weighted by molar-refractivity contribution is 0.243. The van der Waals surface area contributed by atoms with Crippen LogP contribution in [-0.4, -0.2) is 37.0 Å². The van der Waals surface area contributed by atoms with Gasteiger partial charge in [-0.2, -0.15) is 0 Å². The maximum absolute atomic E-state index is 9.48. The van der Waals surface area contributed by atoms with Gasteiger partial charge < -0.3 is 24.8 Å². The van der Waals surface area contributed by atoms with Crippen molar-refractivity contribution in [1.29, 1.82) is 0 Å². The zero-order valence-electron chi connectivity index (χ0n) is 19.3. The fourth-order valence-corrected chi connectivity index (χ4v) is 3.69. The Hall–Kier alpha value is -3.09. The summed E-state index contributed by atoms with van der Waals surface area (Å²) in [5.74, 6) is 2.60. The second-order valence-corrected chi connectivity index (χ2v) is 7.94. The number of aliphatic hydroxyl groups is 1. The number of pyridine rings is 1. The van der Waals surface area contributed by atoms with Gasteiger partial charge in [-0.1, -0.05) is 30.3 Å². The number of benzene rings is 2. The van der Waals surface area contributed by atoms with E-state index in [4.69, 9.17) is 14.5 Å². The van der Waals surface area contributed by atoms with E-state index in [1.165, 1.54) is 11.1 Å². The summed E-state index contributed by atoms with van der Waals surface area (Å²) in [7, 11) is 3.35. The first-order valence-corrected chi connectivity index (χ1v) is 10.9.